The maximum atomic E-state index is 12.2. The zero-order chi connectivity index (χ0) is 16.2. The van der Waals surface area contributed by atoms with Crippen LogP contribution in [0.1, 0.15) is 25.6 Å². The highest BCUT2D eigenvalue weighted by molar-refractivity contribution is 7.99. The first kappa shape index (κ1) is 15.9. The van der Waals surface area contributed by atoms with Gasteiger partial charge in [0, 0.05) is 41.8 Å². The number of hydrogen-bond acceptors (Lipinski definition) is 5. The van der Waals surface area contributed by atoms with Gasteiger partial charge >= 0.3 is 6.03 Å². The normalized spacial score (nSPS) is 15.0. The number of urea groups is 1. The predicted molar refractivity (Wildman–Crippen MR) is 91.7 cm³/mol. The zero-order valence-electron chi connectivity index (χ0n) is 13.3. The van der Waals surface area contributed by atoms with Crippen molar-refractivity contribution in [1.82, 2.24) is 15.0 Å². The third kappa shape index (κ3) is 3.85. The van der Waals surface area contributed by atoms with Crippen LogP contribution in [0.25, 0.3) is 11.5 Å². The fraction of sp³-hybridized carbons (Fsp3) is 0.438. The van der Waals surface area contributed by atoms with Gasteiger partial charge in [-0.1, -0.05) is 19.0 Å². The summed E-state index contributed by atoms with van der Waals surface area (Å²) < 4.78 is 5.27. The third-order valence-corrected chi connectivity index (χ3v) is 4.58. The van der Waals surface area contributed by atoms with Gasteiger partial charge in [0.2, 0.25) is 0 Å². The van der Waals surface area contributed by atoms with Crippen LogP contribution in [0, 0.1) is 0 Å². The number of carbonyl (C=O) groups excluding carboxylic acids is 1. The van der Waals surface area contributed by atoms with Crippen LogP contribution in [0.2, 0.25) is 0 Å². The van der Waals surface area contributed by atoms with Crippen molar-refractivity contribution in [3.63, 3.8) is 0 Å². The second kappa shape index (κ2) is 7.04. The molecular formula is C16H20N4O2S. The summed E-state index contributed by atoms with van der Waals surface area (Å²) in [6.07, 6.45) is 0. The highest BCUT2D eigenvalue weighted by atomic mass is 32.2. The van der Waals surface area contributed by atoms with Gasteiger partial charge in [0.25, 0.3) is 5.89 Å². The molecule has 0 atom stereocenters. The van der Waals surface area contributed by atoms with E-state index >= 15 is 0 Å². The molecule has 2 aromatic rings. The number of benzene rings is 1. The average molecular weight is 332 g/mol. The molecule has 1 saturated heterocycles. The molecule has 1 aromatic carbocycles. The van der Waals surface area contributed by atoms with Crippen LogP contribution < -0.4 is 5.32 Å². The Bertz CT molecular complexity index is 663. The Labute approximate surface area is 139 Å². The second-order valence-corrected chi connectivity index (χ2v) is 6.94. The quantitative estimate of drug-likeness (QED) is 0.932. The van der Waals surface area contributed by atoms with Gasteiger partial charge in [-0.2, -0.15) is 16.7 Å². The summed E-state index contributed by atoms with van der Waals surface area (Å²) in [6, 6.07) is 7.41. The van der Waals surface area contributed by atoms with Crippen LogP contribution in [-0.2, 0) is 0 Å². The van der Waals surface area contributed by atoms with Gasteiger partial charge in [-0.3, -0.25) is 0 Å². The zero-order valence-corrected chi connectivity index (χ0v) is 14.1. The molecule has 0 aliphatic carbocycles. The summed E-state index contributed by atoms with van der Waals surface area (Å²) in [5.74, 6) is 3.43. The molecule has 7 heteroatoms. The van der Waals surface area contributed by atoms with Gasteiger partial charge < -0.3 is 14.7 Å². The summed E-state index contributed by atoms with van der Waals surface area (Å²) in [6.45, 7) is 5.64. The molecule has 2 heterocycles. The Balaban J connectivity index is 1.65. The Morgan fingerprint density at radius 2 is 1.96 bits per heavy atom. The predicted octanol–water partition coefficient (Wildman–Crippen LogP) is 3.44. The standard InChI is InChI=1S/C16H20N4O2S/c1-11(2)14-18-15(22-19-14)12-3-5-13(6-4-12)17-16(21)20-7-9-23-10-8-20/h3-6,11H,7-10H2,1-2H3,(H,17,21). The lowest BCUT2D eigenvalue weighted by molar-refractivity contribution is 0.217. The van der Waals surface area contributed by atoms with Gasteiger partial charge in [0.05, 0.1) is 0 Å². The Morgan fingerprint density at radius 1 is 1.26 bits per heavy atom. The molecule has 0 bridgehead atoms. The number of nitrogens with one attached hydrogen (secondary N) is 1. The largest absolute Gasteiger partial charge is 0.334 e. The van der Waals surface area contributed by atoms with Crippen molar-refractivity contribution in [2.75, 3.05) is 29.9 Å². The summed E-state index contributed by atoms with van der Waals surface area (Å²) >= 11 is 1.88. The van der Waals surface area contributed by atoms with Gasteiger partial charge in [0.1, 0.15) is 0 Å². The molecule has 0 saturated carbocycles. The highest BCUT2D eigenvalue weighted by Gasteiger charge is 2.17. The van der Waals surface area contributed by atoms with Crippen LogP contribution in [0.5, 0.6) is 0 Å². The number of rotatable bonds is 3. The van der Waals surface area contributed by atoms with E-state index in [2.05, 4.69) is 15.5 Å². The van der Waals surface area contributed by atoms with E-state index in [0.29, 0.717) is 11.7 Å². The van der Waals surface area contributed by atoms with E-state index in [1.165, 1.54) is 0 Å². The van der Waals surface area contributed by atoms with Crippen molar-refractivity contribution < 1.29 is 9.32 Å². The Morgan fingerprint density at radius 3 is 2.57 bits per heavy atom. The lowest BCUT2D eigenvalue weighted by Gasteiger charge is -2.26. The summed E-state index contributed by atoms with van der Waals surface area (Å²) in [4.78, 5) is 18.4. The fourth-order valence-electron chi connectivity index (χ4n) is 2.25. The lowest BCUT2D eigenvalue weighted by Crippen LogP contribution is -2.40. The van der Waals surface area contributed by atoms with Crippen molar-refractivity contribution >= 4 is 23.5 Å². The Hall–Kier alpha value is -2.02. The number of anilines is 1. The van der Waals surface area contributed by atoms with Crippen molar-refractivity contribution in [2.24, 2.45) is 0 Å². The molecule has 0 spiro atoms. The molecule has 1 aliphatic rings. The van der Waals surface area contributed by atoms with Gasteiger partial charge in [-0.05, 0) is 24.3 Å². The summed E-state index contributed by atoms with van der Waals surface area (Å²) in [5, 5.41) is 6.88. The Kier molecular flexibility index (Phi) is 4.85. The van der Waals surface area contributed by atoms with Gasteiger partial charge in [-0.15, -0.1) is 0 Å². The first-order valence-electron chi connectivity index (χ1n) is 7.71. The minimum absolute atomic E-state index is 0.0436. The van der Waals surface area contributed by atoms with Crippen molar-refractivity contribution in [1.29, 1.82) is 0 Å². The molecule has 1 N–H and O–H groups in total. The van der Waals surface area contributed by atoms with E-state index < -0.39 is 0 Å². The van der Waals surface area contributed by atoms with E-state index in [0.717, 1.165) is 35.8 Å². The topological polar surface area (TPSA) is 71.3 Å². The lowest BCUT2D eigenvalue weighted by atomic mass is 10.2. The third-order valence-electron chi connectivity index (χ3n) is 3.64. The maximum absolute atomic E-state index is 12.2. The molecular weight excluding hydrogens is 312 g/mol. The molecule has 1 aromatic heterocycles. The number of hydrogen-bond donors (Lipinski definition) is 1. The molecule has 1 aliphatic heterocycles. The van der Waals surface area contributed by atoms with Crippen LogP contribution in [-0.4, -0.2) is 45.7 Å². The van der Waals surface area contributed by atoms with Gasteiger partial charge in [-0.25, -0.2) is 4.79 Å². The molecule has 0 radical (unpaired) electrons. The highest BCUT2D eigenvalue weighted by Crippen LogP contribution is 2.22. The van der Waals surface area contributed by atoms with E-state index in [1.54, 1.807) is 0 Å². The fourth-order valence-corrected chi connectivity index (χ4v) is 3.15. The molecule has 3 rings (SSSR count). The minimum atomic E-state index is -0.0436. The molecule has 122 valence electrons. The average Bonchev–Trinajstić information content (AvgIpc) is 3.07. The molecule has 1 fully saturated rings. The molecule has 2 amide bonds. The molecule has 6 nitrogen and oxygen atoms in total. The summed E-state index contributed by atoms with van der Waals surface area (Å²) in [5.41, 5.74) is 1.61. The summed E-state index contributed by atoms with van der Waals surface area (Å²) in [7, 11) is 0. The van der Waals surface area contributed by atoms with Gasteiger partial charge in [0.15, 0.2) is 5.82 Å². The molecule has 0 unspecified atom stereocenters. The number of thioether (sulfide) groups is 1. The van der Waals surface area contributed by atoms with E-state index in [1.807, 2.05) is 54.8 Å². The van der Waals surface area contributed by atoms with Crippen LogP contribution in [0.4, 0.5) is 10.5 Å². The SMILES string of the molecule is CC(C)c1noc(-c2ccc(NC(=O)N3CCSCC3)cc2)n1. The van der Waals surface area contributed by atoms with Crippen molar-refractivity contribution in [2.45, 2.75) is 19.8 Å². The maximum Gasteiger partial charge on any atom is 0.321 e. The number of nitrogens with zero attached hydrogens (tertiary/aromatic N) is 3. The molecule has 23 heavy (non-hydrogen) atoms. The van der Waals surface area contributed by atoms with Crippen LogP contribution in [0.3, 0.4) is 0 Å². The monoisotopic (exact) mass is 332 g/mol. The minimum Gasteiger partial charge on any atom is -0.334 e. The number of aromatic nitrogens is 2. The first-order valence-corrected chi connectivity index (χ1v) is 8.86. The van der Waals surface area contributed by atoms with Crippen LogP contribution in [0.15, 0.2) is 28.8 Å². The first-order chi connectivity index (χ1) is 11.1. The smallest absolute Gasteiger partial charge is 0.321 e. The number of amides is 2. The van der Waals surface area contributed by atoms with Crippen molar-refractivity contribution in [3.05, 3.63) is 30.1 Å². The van der Waals surface area contributed by atoms with E-state index in [4.69, 9.17) is 4.52 Å². The van der Waals surface area contributed by atoms with E-state index in [-0.39, 0.29) is 11.9 Å². The second-order valence-electron chi connectivity index (χ2n) is 5.72. The van der Waals surface area contributed by atoms with E-state index in [9.17, 15) is 4.79 Å². The van der Waals surface area contributed by atoms with Crippen LogP contribution >= 0.6 is 11.8 Å². The van der Waals surface area contributed by atoms with Crippen molar-refractivity contribution in [3.8, 4) is 11.5 Å². The number of carbonyl (C=O) groups is 1.